The lowest BCUT2D eigenvalue weighted by molar-refractivity contribution is 0.224. The molecule has 0 unspecified atom stereocenters. The fourth-order valence-electron chi connectivity index (χ4n) is 3.42. The molecule has 1 heteroatoms. The van der Waals surface area contributed by atoms with Crippen LogP contribution in [0.15, 0.2) is 24.3 Å². The Bertz CT molecular complexity index is 433. The highest BCUT2D eigenvalue weighted by atomic mass is 14.8. The minimum Gasteiger partial charge on any atom is -0.321 e. The van der Waals surface area contributed by atoms with Gasteiger partial charge < -0.3 is 5.73 Å². The summed E-state index contributed by atoms with van der Waals surface area (Å²) in [4.78, 5) is 0. The monoisotopic (exact) mass is 243 g/mol. The molecule has 0 aliphatic heterocycles. The first-order valence-electron chi connectivity index (χ1n) is 7.39. The van der Waals surface area contributed by atoms with E-state index in [-0.39, 0.29) is 5.54 Å². The summed E-state index contributed by atoms with van der Waals surface area (Å²) in [6, 6.07) is 8.93. The van der Waals surface area contributed by atoms with Crippen molar-refractivity contribution in [2.24, 2.45) is 11.1 Å². The van der Waals surface area contributed by atoms with Crippen LogP contribution in [-0.2, 0) is 5.54 Å². The summed E-state index contributed by atoms with van der Waals surface area (Å²) in [7, 11) is 0. The van der Waals surface area contributed by atoms with E-state index in [1.165, 1.54) is 44.1 Å². The number of hydrogen-bond donors (Lipinski definition) is 1. The van der Waals surface area contributed by atoms with Crippen molar-refractivity contribution >= 4 is 0 Å². The van der Waals surface area contributed by atoms with Crippen molar-refractivity contribution in [2.75, 3.05) is 0 Å². The minimum absolute atomic E-state index is 0.0174. The maximum Gasteiger partial charge on any atom is 0.0414 e. The summed E-state index contributed by atoms with van der Waals surface area (Å²) in [5.41, 5.74) is 9.98. The predicted octanol–water partition coefficient (Wildman–Crippen LogP) is 4.32. The van der Waals surface area contributed by atoms with Gasteiger partial charge in [0, 0.05) is 5.54 Å². The SMILES string of the molecule is CC1(C)CCC(c2ccccc2C2(N)CC2)CC1. The maximum atomic E-state index is 6.43. The lowest BCUT2D eigenvalue weighted by Crippen LogP contribution is -2.25. The molecule has 1 nitrogen and oxygen atoms in total. The number of rotatable bonds is 2. The molecule has 1 aromatic rings. The molecule has 1 aromatic carbocycles. The molecule has 0 spiro atoms. The molecule has 0 aromatic heterocycles. The van der Waals surface area contributed by atoms with Crippen molar-refractivity contribution in [3.05, 3.63) is 35.4 Å². The molecular weight excluding hydrogens is 218 g/mol. The van der Waals surface area contributed by atoms with Crippen molar-refractivity contribution in [1.82, 2.24) is 0 Å². The number of nitrogens with two attached hydrogens (primary N) is 1. The Morgan fingerprint density at radius 1 is 1.00 bits per heavy atom. The Labute approximate surface area is 111 Å². The summed E-state index contributed by atoms with van der Waals surface area (Å²) in [6.07, 6.45) is 7.71. The molecule has 98 valence electrons. The zero-order chi connectivity index (χ0) is 12.8. The predicted molar refractivity (Wildman–Crippen MR) is 76.5 cm³/mol. The summed E-state index contributed by atoms with van der Waals surface area (Å²) < 4.78 is 0. The van der Waals surface area contributed by atoms with Crippen LogP contribution < -0.4 is 5.73 Å². The third-order valence-corrected chi connectivity index (χ3v) is 5.06. The molecule has 3 rings (SSSR count). The molecule has 0 bridgehead atoms. The van der Waals surface area contributed by atoms with Gasteiger partial charge in [-0.05, 0) is 61.0 Å². The third kappa shape index (κ3) is 2.21. The van der Waals surface area contributed by atoms with E-state index >= 15 is 0 Å². The molecule has 2 fully saturated rings. The molecule has 2 aliphatic rings. The van der Waals surface area contributed by atoms with E-state index in [0.717, 1.165) is 5.92 Å². The normalized spacial score (nSPS) is 25.9. The van der Waals surface area contributed by atoms with Gasteiger partial charge in [0.15, 0.2) is 0 Å². The van der Waals surface area contributed by atoms with Crippen LogP contribution in [0.3, 0.4) is 0 Å². The second-order valence-electron chi connectivity index (χ2n) is 7.18. The molecule has 0 amide bonds. The van der Waals surface area contributed by atoms with Crippen molar-refractivity contribution in [1.29, 1.82) is 0 Å². The Morgan fingerprint density at radius 2 is 1.61 bits per heavy atom. The average Bonchev–Trinajstić information content (AvgIpc) is 3.09. The quantitative estimate of drug-likeness (QED) is 0.822. The first-order valence-corrected chi connectivity index (χ1v) is 7.39. The van der Waals surface area contributed by atoms with E-state index in [1.54, 1.807) is 5.56 Å². The fraction of sp³-hybridized carbons (Fsp3) is 0.647. The molecule has 0 heterocycles. The van der Waals surface area contributed by atoms with E-state index in [9.17, 15) is 0 Å². The van der Waals surface area contributed by atoms with E-state index in [2.05, 4.69) is 38.1 Å². The zero-order valence-electron chi connectivity index (χ0n) is 11.7. The molecule has 2 N–H and O–H groups in total. The second kappa shape index (κ2) is 4.09. The van der Waals surface area contributed by atoms with Crippen LogP contribution in [0.2, 0.25) is 0 Å². The van der Waals surface area contributed by atoms with Gasteiger partial charge in [-0.1, -0.05) is 38.1 Å². The molecule has 0 saturated heterocycles. The molecule has 0 atom stereocenters. The smallest absolute Gasteiger partial charge is 0.0414 e. The Kier molecular flexibility index (Phi) is 2.78. The lowest BCUT2D eigenvalue weighted by atomic mass is 9.70. The van der Waals surface area contributed by atoms with E-state index in [4.69, 9.17) is 5.73 Å². The zero-order valence-corrected chi connectivity index (χ0v) is 11.7. The van der Waals surface area contributed by atoms with Gasteiger partial charge in [0.2, 0.25) is 0 Å². The molecule has 2 saturated carbocycles. The van der Waals surface area contributed by atoms with Crippen molar-refractivity contribution in [3.63, 3.8) is 0 Å². The van der Waals surface area contributed by atoms with Crippen LogP contribution >= 0.6 is 0 Å². The first kappa shape index (κ1) is 12.2. The largest absolute Gasteiger partial charge is 0.321 e. The maximum absolute atomic E-state index is 6.43. The van der Waals surface area contributed by atoms with Gasteiger partial charge in [0.25, 0.3) is 0 Å². The Morgan fingerprint density at radius 3 is 2.22 bits per heavy atom. The highest BCUT2D eigenvalue weighted by Gasteiger charge is 2.42. The molecule has 0 radical (unpaired) electrons. The fourth-order valence-corrected chi connectivity index (χ4v) is 3.42. The van der Waals surface area contributed by atoms with Crippen LogP contribution in [0.1, 0.15) is 69.4 Å². The average molecular weight is 243 g/mol. The van der Waals surface area contributed by atoms with Crippen LogP contribution in [0.4, 0.5) is 0 Å². The van der Waals surface area contributed by atoms with Gasteiger partial charge in [0.05, 0.1) is 0 Å². The van der Waals surface area contributed by atoms with Crippen LogP contribution in [0.25, 0.3) is 0 Å². The van der Waals surface area contributed by atoms with Crippen molar-refractivity contribution < 1.29 is 0 Å². The van der Waals surface area contributed by atoms with Crippen LogP contribution in [0, 0.1) is 5.41 Å². The summed E-state index contributed by atoms with van der Waals surface area (Å²) in [6.45, 7) is 4.81. The molecular formula is C17H25N. The first-order chi connectivity index (χ1) is 8.50. The Hall–Kier alpha value is -0.820. The minimum atomic E-state index is 0.0174. The van der Waals surface area contributed by atoms with Crippen molar-refractivity contribution in [3.8, 4) is 0 Å². The summed E-state index contributed by atoms with van der Waals surface area (Å²) in [5, 5.41) is 0. The van der Waals surface area contributed by atoms with Gasteiger partial charge in [-0.3, -0.25) is 0 Å². The number of hydrogen-bond acceptors (Lipinski definition) is 1. The molecule has 18 heavy (non-hydrogen) atoms. The van der Waals surface area contributed by atoms with Gasteiger partial charge in [0.1, 0.15) is 0 Å². The van der Waals surface area contributed by atoms with Gasteiger partial charge in [-0.2, -0.15) is 0 Å². The van der Waals surface area contributed by atoms with Crippen LogP contribution in [0.5, 0.6) is 0 Å². The third-order valence-electron chi connectivity index (χ3n) is 5.06. The topological polar surface area (TPSA) is 26.0 Å². The van der Waals surface area contributed by atoms with E-state index in [0.29, 0.717) is 5.41 Å². The summed E-state index contributed by atoms with van der Waals surface area (Å²) in [5.74, 6) is 0.746. The highest BCUT2D eigenvalue weighted by molar-refractivity contribution is 5.39. The lowest BCUT2D eigenvalue weighted by Gasteiger charge is -2.35. The number of benzene rings is 1. The highest BCUT2D eigenvalue weighted by Crippen LogP contribution is 2.49. The van der Waals surface area contributed by atoms with E-state index in [1.807, 2.05) is 0 Å². The van der Waals surface area contributed by atoms with Gasteiger partial charge in [-0.25, -0.2) is 0 Å². The standard InChI is InChI=1S/C17H25N/c1-16(2)9-7-13(8-10-16)14-5-3-4-6-15(14)17(18)11-12-17/h3-6,13H,7-12,18H2,1-2H3. The van der Waals surface area contributed by atoms with Gasteiger partial charge in [-0.15, -0.1) is 0 Å². The van der Waals surface area contributed by atoms with E-state index < -0.39 is 0 Å². The second-order valence-corrected chi connectivity index (χ2v) is 7.18. The van der Waals surface area contributed by atoms with Crippen LogP contribution in [-0.4, -0.2) is 0 Å². The van der Waals surface area contributed by atoms with Gasteiger partial charge >= 0.3 is 0 Å². The van der Waals surface area contributed by atoms with Crippen molar-refractivity contribution in [2.45, 2.75) is 63.8 Å². The summed E-state index contributed by atoms with van der Waals surface area (Å²) >= 11 is 0. The molecule has 2 aliphatic carbocycles. The Balaban J connectivity index is 1.85.